The highest BCUT2D eigenvalue weighted by atomic mass is 31.2. The fourth-order valence-electron chi connectivity index (χ4n) is 7.32. The van der Waals surface area contributed by atoms with Gasteiger partial charge in [-0.3, -0.25) is 18.6 Å². The number of ether oxygens (including phenoxy) is 2. The number of carbonyl (C=O) groups excluding carboxylic acids is 2. The second kappa shape index (κ2) is 52.6. The Hall–Kier alpha value is -2.81. The van der Waals surface area contributed by atoms with Gasteiger partial charge in [0.2, 0.25) is 0 Å². The van der Waals surface area contributed by atoms with Crippen LogP contribution in [0.4, 0.5) is 0 Å². The summed E-state index contributed by atoms with van der Waals surface area (Å²) in [5.41, 5.74) is 5.37. The molecule has 0 aromatic carbocycles. The van der Waals surface area contributed by atoms with Crippen molar-refractivity contribution in [1.29, 1.82) is 0 Å². The molecule has 0 saturated carbocycles. The summed E-state index contributed by atoms with van der Waals surface area (Å²) in [5.74, 6) is -0.832. The van der Waals surface area contributed by atoms with Gasteiger partial charge in [-0.2, -0.15) is 0 Å². The number of hydrogen-bond donors (Lipinski definition) is 2. The quantitative estimate of drug-likeness (QED) is 0.0264. The van der Waals surface area contributed by atoms with Crippen molar-refractivity contribution in [3.63, 3.8) is 0 Å². The normalized spacial score (nSPS) is 13.8. The largest absolute Gasteiger partial charge is 0.472 e. The molecule has 0 aromatic heterocycles. The Morgan fingerprint density at radius 1 is 0.463 bits per heavy atom. The third-order valence-electron chi connectivity index (χ3n) is 11.3. The van der Waals surface area contributed by atoms with Crippen molar-refractivity contribution in [2.24, 2.45) is 5.73 Å². The summed E-state index contributed by atoms with van der Waals surface area (Å²) >= 11 is 0. The first-order valence-electron chi connectivity index (χ1n) is 27.1. The zero-order chi connectivity index (χ0) is 48.8. The molecule has 0 spiro atoms. The first kappa shape index (κ1) is 64.2. The van der Waals surface area contributed by atoms with Crippen LogP contribution in [-0.4, -0.2) is 49.3 Å². The Morgan fingerprint density at radius 2 is 0.821 bits per heavy atom. The zero-order valence-corrected chi connectivity index (χ0v) is 43.8. The topological polar surface area (TPSA) is 134 Å². The fraction of sp³-hybridized carbons (Fsp3) is 0.719. The molecule has 0 bridgehead atoms. The van der Waals surface area contributed by atoms with Crippen LogP contribution < -0.4 is 5.73 Å². The van der Waals surface area contributed by atoms with Crippen LogP contribution in [0.2, 0.25) is 0 Å². The standard InChI is InChI=1S/C57H100NO8P/c1-3-5-7-9-11-13-15-17-19-20-21-22-23-24-25-26-27-28-29-30-31-32-33-34-36-38-40-42-44-46-48-50-57(60)66-55(54-65-67(61,62)64-52-51-58)53-63-56(59)49-47-45-43-41-39-37-35-18-16-14-12-10-8-6-4-2/h5,7,11,13,17,19,21-22,24-25,27-28,30-31,55H,3-4,6,8-10,12,14-16,18,20,23,26,29,32-54,58H2,1-2H3,(H,61,62)/b7-5-,13-11-,19-17-,22-21-,25-24-,28-27-,31-30-. The van der Waals surface area contributed by atoms with Crippen molar-refractivity contribution in [2.45, 2.75) is 238 Å². The summed E-state index contributed by atoms with van der Waals surface area (Å²) in [4.78, 5) is 35.1. The molecule has 0 saturated heterocycles. The van der Waals surface area contributed by atoms with Crippen molar-refractivity contribution in [3.05, 3.63) is 85.1 Å². The molecule has 0 aliphatic rings. The minimum absolute atomic E-state index is 0.0500. The molecular formula is C57H100NO8P. The lowest BCUT2D eigenvalue weighted by molar-refractivity contribution is -0.161. The van der Waals surface area contributed by atoms with Gasteiger partial charge in [0.25, 0.3) is 0 Å². The molecule has 2 unspecified atom stereocenters. The van der Waals surface area contributed by atoms with E-state index in [0.29, 0.717) is 6.42 Å². The van der Waals surface area contributed by atoms with Gasteiger partial charge in [0, 0.05) is 19.4 Å². The molecule has 386 valence electrons. The predicted molar refractivity (Wildman–Crippen MR) is 284 cm³/mol. The smallest absolute Gasteiger partial charge is 0.462 e. The molecule has 10 heteroatoms. The van der Waals surface area contributed by atoms with Crippen molar-refractivity contribution >= 4 is 19.8 Å². The highest BCUT2D eigenvalue weighted by molar-refractivity contribution is 7.47. The van der Waals surface area contributed by atoms with Crippen molar-refractivity contribution in [2.75, 3.05) is 26.4 Å². The van der Waals surface area contributed by atoms with Crippen LogP contribution in [0.5, 0.6) is 0 Å². The van der Waals surface area contributed by atoms with E-state index < -0.39 is 26.5 Å². The SMILES string of the molecule is CC/C=C\C/C=C\C/C=C\C/C=C\C/C=C\C/C=C\C/C=C\CCCCCCCCCCCC(=O)OC(COC(=O)CCCCCCCCCCCCCCCCC)COP(=O)(O)OCCN. The number of unbranched alkanes of at least 4 members (excludes halogenated alkanes) is 23. The number of phosphoric acid groups is 1. The average molecular weight is 958 g/mol. The van der Waals surface area contributed by atoms with E-state index in [1.165, 1.54) is 109 Å². The van der Waals surface area contributed by atoms with E-state index in [-0.39, 0.29) is 38.6 Å². The number of esters is 2. The number of nitrogens with two attached hydrogens (primary N) is 1. The third kappa shape index (κ3) is 52.4. The Morgan fingerprint density at radius 3 is 1.22 bits per heavy atom. The van der Waals surface area contributed by atoms with Crippen LogP contribution in [-0.2, 0) is 32.7 Å². The van der Waals surface area contributed by atoms with Gasteiger partial charge in [0.05, 0.1) is 13.2 Å². The average Bonchev–Trinajstić information content (AvgIpc) is 3.32. The molecule has 2 atom stereocenters. The van der Waals surface area contributed by atoms with E-state index in [9.17, 15) is 19.0 Å². The maximum Gasteiger partial charge on any atom is 0.472 e. The van der Waals surface area contributed by atoms with E-state index in [2.05, 4.69) is 98.9 Å². The lowest BCUT2D eigenvalue weighted by atomic mass is 10.0. The van der Waals surface area contributed by atoms with Crippen molar-refractivity contribution in [1.82, 2.24) is 0 Å². The zero-order valence-electron chi connectivity index (χ0n) is 42.9. The first-order valence-corrected chi connectivity index (χ1v) is 28.6. The molecule has 9 nitrogen and oxygen atoms in total. The van der Waals surface area contributed by atoms with Gasteiger partial charge in [0.15, 0.2) is 6.10 Å². The Kier molecular flexibility index (Phi) is 50.4. The Balaban J connectivity index is 4.02. The van der Waals surface area contributed by atoms with Gasteiger partial charge in [-0.15, -0.1) is 0 Å². The Labute approximate surface area is 411 Å². The maximum absolute atomic E-state index is 12.7. The molecule has 0 heterocycles. The van der Waals surface area contributed by atoms with Crippen LogP contribution >= 0.6 is 7.82 Å². The van der Waals surface area contributed by atoms with E-state index in [0.717, 1.165) is 89.9 Å². The van der Waals surface area contributed by atoms with E-state index in [1.54, 1.807) is 0 Å². The summed E-state index contributed by atoms with van der Waals surface area (Å²) in [6.07, 6.45) is 67.7. The molecule has 0 radical (unpaired) electrons. The summed E-state index contributed by atoms with van der Waals surface area (Å²) in [6.45, 7) is 3.63. The molecule has 0 amide bonds. The molecule has 0 aliphatic carbocycles. The van der Waals surface area contributed by atoms with E-state index in [4.69, 9.17) is 24.3 Å². The highest BCUT2D eigenvalue weighted by Gasteiger charge is 2.26. The van der Waals surface area contributed by atoms with Crippen LogP contribution in [0.25, 0.3) is 0 Å². The van der Waals surface area contributed by atoms with Crippen LogP contribution in [0.15, 0.2) is 85.1 Å². The molecule has 0 fully saturated rings. The van der Waals surface area contributed by atoms with Gasteiger partial charge in [0.1, 0.15) is 6.61 Å². The van der Waals surface area contributed by atoms with Gasteiger partial charge in [-0.1, -0.05) is 234 Å². The van der Waals surface area contributed by atoms with E-state index >= 15 is 0 Å². The minimum Gasteiger partial charge on any atom is -0.462 e. The lowest BCUT2D eigenvalue weighted by Gasteiger charge is -2.19. The number of carbonyl (C=O) groups is 2. The van der Waals surface area contributed by atoms with Crippen LogP contribution in [0.1, 0.15) is 232 Å². The van der Waals surface area contributed by atoms with Gasteiger partial charge in [-0.05, 0) is 70.6 Å². The molecule has 67 heavy (non-hydrogen) atoms. The van der Waals surface area contributed by atoms with Crippen molar-refractivity contribution in [3.8, 4) is 0 Å². The number of allylic oxidation sites excluding steroid dienone is 14. The van der Waals surface area contributed by atoms with Gasteiger partial charge in [-0.25, -0.2) is 4.57 Å². The second-order valence-electron chi connectivity index (χ2n) is 17.7. The van der Waals surface area contributed by atoms with Crippen LogP contribution in [0.3, 0.4) is 0 Å². The molecule has 0 aromatic rings. The Bertz CT molecular complexity index is 1370. The molecule has 0 aliphatic heterocycles. The van der Waals surface area contributed by atoms with Gasteiger partial charge < -0.3 is 20.1 Å². The lowest BCUT2D eigenvalue weighted by Crippen LogP contribution is -2.29. The number of phosphoric ester groups is 1. The highest BCUT2D eigenvalue weighted by Crippen LogP contribution is 2.43. The van der Waals surface area contributed by atoms with Gasteiger partial charge >= 0.3 is 19.8 Å². The number of rotatable bonds is 50. The number of hydrogen-bond acceptors (Lipinski definition) is 8. The van der Waals surface area contributed by atoms with Crippen LogP contribution in [0, 0.1) is 0 Å². The fourth-order valence-corrected chi connectivity index (χ4v) is 8.09. The first-order chi connectivity index (χ1) is 32.8. The summed E-state index contributed by atoms with van der Waals surface area (Å²) in [6, 6.07) is 0. The summed E-state index contributed by atoms with van der Waals surface area (Å²) < 4.78 is 32.9. The molecular weight excluding hydrogens is 858 g/mol. The van der Waals surface area contributed by atoms with Crippen molar-refractivity contribution < 1.29 is 37.6 Å². The second-order valence-corrected chi connectivity index (χ2v) is 19.2. The molecule has 3 N–H and O–H groups in total. The monoisotopic (exact) mass is 958 g/mol. The summed E-state index contributed by atoms with van der Waals surface area (Å²) in [7, 11) is -4.39. The molecule has 0 rings (SSSR count). The third-order valence-corrected chi connectivity index (χ3v) is 12.3. The van der Waals surface area contributed by atoms with E-state index in [1.807, 2.05) is 0 Å². The minimum atomic E-state index is -4.39. The predicted octanol–water partition coefficient (Wildman–Crippen LogP) is 16.7. The summed E-state index contributed by atoms with van der Waals surface area (Å²) in [5, 5.41) is 0. The maximum atomic E-state index is 12.7.